The van der Waals surface area contributed by atoms with E-state index in [1.807, 2.05) is 61.1 Å². The average molecular weight is 620 g/mol. The number of carbonyl (C=O) groups is 1. The molecule has 0 radical (unpaired) electrons. The van der Waals surface area contributed by atoms with Gasteiger partial charge >= 0.3 is 5.97 Å². The van der Waals surface area contributed by atoms with Gasteiger partial charge in [0.25, 0.3) is 0 Å². The van der Waals surface area contributed by atoms with Gasteiger partial charge in [-0.25, -0.2) is 14.5 Å². The minimum absolute atomic E-state index is 0.195. The molecule has 0 spiro atoms. The molecular formula is C33H38ClN5O3S. The number of esters is 1. The number of piperidine rings is 1. The first-order valence-corrected chi connectivity index (χ1v) is 15.8. The highest BCUT2D eigenvalue weighted by Crippen LogP contribution is 2.41. The minimum atomic E-state index is -0.500. The van der Waals surface area contributed by atoms with Crippen LogP contribution in [0.3, 0.4) is 0 Å². The molecule has 3 aromatic heterocycles. The maximum atomic E-state index is 12.5. The summed E-state index contributed by atoms with van der Waals surface area (Å²) in [6.07, 6.45) is 6.29. The van der Waals surface area contributed by atoms with E-state index >= 15 is 0 Å². The molecule has 6 rings (SSSR count). The quantitative estimate of drug-likeness (QED) is 0.198. The van der Waals surface area contributed by atoms with Crippen LogP contribution in [0.25, 0.3) is 37.7 Å². The second-order valence-corrected chi connectivity index (χ2v) is 13.2. The molecule has 0 unspecified atom stereocenters. The van der Waals surface area contributed by atoms with E-state index in [1.54, 1.807) is 32.1 Å². The molecule has 2 N–H and O–H groups in total. The molecule has 1 aliphatic rings. The van der Waals surface area contributed by atoms with Gasteiger partial charge in [-0.3, -0.25) is 4.79 Å². The SMILES string of the molecule is CC(C)(C)O.CCOC(=O)Cc1c(C)cc2nc(-c3ccn4ncc(C5CCNCC5)c4n3)sc2c1-c1ccc(Cl)cc1. The third-order valence-electron chi connectivity index (χ3n) is 7.17. The lowest BCUT2D eigenvalue weighted by Gasteiger charge is -2.21. The second kappa shape index (κ2) is 13.1. The molecule has 0 bridgehead atoms. The Morgan fingerprint density at radius 3 is 2.53 bits per heavy atom. The number of fused-ring (bicyclic) bond motifs is 2. The Morgan fingerprint density at radius 1 is 1.16 bits per heavy atom. The summed E-state index contributed by atoms with van der Waals surface area (Å²) < 4.78 is 8.17. The van der Waals surface area contributed by atoms with Crippen molar-refractivity contribution < 1.29 is 14.6 Å². The van der Waals surface area contributed by atoms with E-state index < -0.39 is 5.60 Å². The van der Waals surface area contributed by atoms with Crippen molar-refractivity contribution in [1.29, 1.82) is 0 Å². The van der Waals surface area contributed by atoms with Crippen LogP contribution in [0.1, 0.15) is 63.1 Å². The highest BCUT2D eigenvalue weighted by Gasteiger charge is 2.23. The van der Waals surface area contributed by atoms with Crippen LogP contribution in [0.2, 0.25) is 5.02 Å². The second-order valence-electron chi connectivity index (χ2n) is 11.8. The molecule has 1 saturated heterocycles. The number of aliphatic hydroxyl groups is 1. The van der Waals surface area contributed by atoms with Gasteiger partial charge in [0.05, 0.1) is 35.0 Å². The zero-order chi connectivity index (χ0) is 30.7. The summed E-state index contributed by atoms with van der Waals surface area (Å²) in [5.41, 5.74) is 7.23. The molecule has 0 aliphatic carbocycles. The van der Waals surface area contributed by atoms with Crippen LogP contribution in [-0.2, 0) is 16.0 Å². The van der Waals surface area contributed by atoms with E-state index in [0.29, 0.717) is 17.5 Å². The highest BCUT2D eigenvalue weighted by molar-refractivity contribution is 7.22. The van der Waals surface area contributed by atoms with Crippen LogP contribution in [0, 0.1) is 6.92 Å². The first-order valence-electron chi connectivity index (χ1n) is 14.6. The fourth-order valence-electron chi connectivity index (χ4n) is 5.28. The van der Waals surface area contributed by atoms with Gasteiger partial charge in [-0.2, -0.15) is 5.10 Å². The van der Waals surface area contributed by atoms with E-state index in [0.717, 1.165) is 74.8 Å². The largest absolute Gasteiger partial charge is 0.466 e. The van der Waals surface area contributed by atoms with Gasteiger partial charge in [-0.15, -0.1) is 11.3 Å². The van der Waals surface area contributed by atoms with E-state index in [1.165, 1.54) is 5.56 Å². The lowest BCUT2D eigenvalue weighted by Crippen LogP contribution is -2.26. The van der Waals surface area contributed by atoms with Crippen LogP contribution in [-0.4, -0.2) is 56.0 Å². The monoisotopic (exact) mass is 619 g/mol. The number of aryl methyl sites for hydroxylation is 1. The van der Waals surface area contributed by atoms with Crippen LogP contribution in [0.15, 0.2) is 48.8 Å². The van der Waals surface area contributed by atoms with Crippen molar-refractivity contribution in [3.63, 3.8) is 0 Å². The molecule has 0 atom stereocenters. The molecule has 1 aliphatic heterocycles. The Hall–Kier alpha value is -3.37. The number of thiazole rings is 1. The molecule has 2 aromatic carbocycles. The Kier molecular flexibility index (Phi) is 9.46. The van der Waals surface area contributed by atoms with Crippen LogP contribution < -0.4 is 5.32 Å². The van der Waals surface area contributed by atoms with Crippen molar-refractivity contribution in [3.05, 3.63) is 70.5 Å². The molecule has 0 amide bonds. The van der Waals surface area contributed by atoms with E-state index in [4.69, 9.17) is 31.4 Å². The molecule has 0 saturated carbocycles. The van der Waals surface area contributed by atoms with Gasteiger partial charge in [0.1, 0.15) is 10.7 Å². The molecule has 8 nitrogen and oxygen atoms in total. The number of hydrogen-bond acceptors (Lipinski definition) is 8. The number of hydrogen-bond donors (Lipinski definition) is 2. The predicted octanol–water partition coefficient (Wildman–Crippen LogP) is 6.98. The Labute approximate surface area is 261 Å². The van der Waals surface area contributed by atoms with Gasteiger partial charge in [-0.05, 0) is 107 Å². The van der Waals surface area contributed by atoms with E-state index in [2.05, 4.69) is 16.5 Å². The molecule has 226 valence electrons. The number of nitrogens with one attached hydrogen (secondary N) is 1. The smallest absolute Gasteiger partial charge is 0.310 e. The number of rotatable bonds is 6. The summed E-state index contributed by atoms with van der Waals surface area (Å²) in [4.78, 5) is 22.6. The van der Waals surface area contributed by atoms with Crippen molar-refractivity contribution in [2.45, 2.75) is 65.4 Å². The zero-order valence-electron chi connectivity index (χ0n) is 25.3. The number of carbonyl (C=O) groups excluding carboxylic acids is 1. The number of nitrogens with zero attached hydrogens (tertiary/aromatic N) is 4. The summed E-state index contributed by atoms with van der Waals surface area (Å²) >= 11 is 7.80. The number of benzene rings is 2. The Bertz CT molecular complexity index is 1730. The Balaban J connectivity index is 0.000000682. The molecular weight excluding hydrogens is 582 g/mol. The molecule has 10 heteroatoms. The molecule has 5 aromatic rings. The van der Waals surface area contributed by atoms with Crippen molar-refractivity contribution in [2.24, 2.45) is 0 Å². The fourth-order valence-corrected chi connectivity index (χ4v) is 6.51. The first kappa shape index (κ1) is 31.1. The van der Waals surface area contributed by atoms with Crippen LogP contribution in [0.5, 0.6) is 0 Å². The number of aromatic nitrogens is 4. The van der Waals surface area contributed by atoms with Gasteiger partial charge in [0.15, 0.2) is 5.65 Å². The van der Waals surface area contributed by atoms with E-state index in [-0.39, 0.29) is 12.4 Å². The van der Waals surface area contributed by atoms with E-state index in [9.17, 15) is 4.79 Å². The lowest BCUT2D eigenvalue weighted by atomic mass is 9.92. The Morgan fingerprint density at radius 2 is 1.86 bits per heavy atom. The lowest BCUT2D eigenvalue weighted by molar-refractivity contribution is -0.142. The zero-order valence-corrected chi connectivity index (χ0v) is 26.8. The topological polar surface area (TPSA) is 102 Å². The van der Waals surface area contributed by atoms with Crippen molar-refractivity contribution in [3.8, 4) is 21.8 Å². The van der Waals surface area contributed by atoms with Crippen molar-refractivity contribution in [2.75, 3.05) is 19.7 Å². The maximum Gasteiger partial charge on any atom is 0.310 e. The van der Waals surface area contributed by atoms with Crippen LogP contribution in [0.4, 0.5) is 0 Å². The normalized spacial score (nSPS) is 14.1. The summed E-state index contributed by atoms with van der Waals surface area (Å²) in [7, 11) is 0. The predicted molar refractivity (Wildman–Crippen MR) is 174 cm³/mol. The average Bonchev–Trinajstić information content (AvgIpc) is 3.58. The van der Waals surface area contributed by atoms with Crippen molar-refractivity contribution in [1.82, 2.24) is 24.9 Å². The molecule has 1 fully saturated rings. The fraction of sp³-hybridized carbons (Fsp3) is 0.394. The van der Waals surface area contributed by atoms with Gasteiger partial charge in [0.2, 0.25) is 0 Å². The molecule has 43 heavy (non-hydrogen) atoms. The maximum absolute atomic E-state index is 12.5. The standard InChI is InChI=1S/C29H28ClN5O2S.C4H10O/c1-3-37-25(36)15-21-17(2)14-24-27(26(21)19-4-6-20(30)7-5-19)38-29(34-24)23-10-13-35-28(33-23)22(16-32-35)18-8-11-31-12-9-18;1-4(2,3)5/h4-7,10,13-14,16,18,31H,3,8-9,11-12,15H2,1-2H3;5H,1-3H3. The number of halogens is 1. The summed E-state index contributed by atoms with van der Waals surface area (Å²) in [5, 5.41) is 18.0. The minimum Gasteiger partial charge on any atom is -0.466 e. The van der Waals surface area contributed by atoms with Crippen molar-refractivity contribution >= 4 is 44.8 Å². The van der Waals surface area contributed by atoms with Gasteiger partial charge in [0, 0.05) is 22.3 Å². The third-order valence-corrected chi connectivity index (χ3v) is 8.53. The summed E-state index contributed by atoms with van der Waals surface area (Å²) in [6, 6.07) is 11.8. The summed E-state index contributed by atoms with van der Waals surface area (Å²) in [6.45, 7) is 11.5. The van der Waals surface area contributed by atoms with Crippen LogP contribution >= 0.6 is 22.9 Å². The van der Waals surface area contributed by atoms with Gasteiger partial charge < -0.3 is 15.2 Å². The van der Waals surface area contributed by atoms with Gasteiger partial charge in [-0.1, -0.05) is 23.7 Å². The number of ether oxygens (including phenoxy) is 1. The summed E-state index contributed by atoms with van der Waals surface area (Å²) in [5.74, 6) is 0.213. The first-order chi connectivity index (χ1) is 20.5. The molecule has 4 heterocycles. The third kappa shape index (κ3) is 7.41. The highest BCUT2D eigenvalue weighted by atomic mass is 35.5.